The number of benzene rings is 1. The van der Waals surface area contributed by atoms with Crippen LogP contribution in [0.1, 0.15) is 18.1 Å². The van der Waals surface area contributed by atoms with Crippen LogP contribution in [0.25, 0.3) is 0 Å². The molecule has 0 saturated heterocycles. The summed E-state index contributed by atoms with van der Waals surface area (Å²) in [6.07, 6.45) is 4.18. The highest BCUT2D eigenvalue weighted by Crippen LogP contribution is 2.13. The molecule has 0 aliphatic heterocycles. The van der Waals surface area contributed by atoms with E-state index in [4.69, 9.17) is 0 Å². The molecule has 1 unspecified atom stereocenters. The van der Waals surface area contributed by atoms with Gasteiger partial charge in [-0.1, -0.05) is 18.2 Å². The first-order valence-electron chi connectivity index (χ1n) is 7.23. The predicted molar refractivity (Wildman–Crippen MR) is 85.5 cm³/mol. The van der Waals surface area contributed by atoms with Crippen molar-refractivity contribution in [3.8, 4) is 5.75 Å². The van der Waals surface area contributed by atoms with Gasteiger partial charge < -0.3 is 15.3 Å². The number of nitrogens with one attached hydrogen (secondary N) is 1. The highest BCUT2D eigenvalue weighted by molar-refractivity contribution is 5.74. The van der Waals surface area contributed by atoms with E-state index in [0.717, 1.165) is 17.5 Å². The molecule has 0 aliphatic carbocycles. The summed E-state index contributed by atoms with van der Waals surface area (Å²) in [6.45, 7) is 2.46. The van der Waals surface area contributed by atoms with Crippen LogP contribution >= 0.6 is 0 Å². The summed E-state index contributed by atoms with van der Waals surface area (Å²) < 4.78 is 0. The van der Waals surface area contributed by atoms with Gasteiger partial charge in [0.2, 0.25) is 0 Å². The minimum atomic E-state index is -0.116. The molecule has 0 fully saturated rings. The fourth-order valence-corrected chi connectivity index (χ4v) is 2.12. The Balaban J connectivity index is 1.85. The Hall–Kier alpha value is -2.56. The van der Waals surface area contributed by atoms with Gasteiger partial charge in [0, 0.05) is 32.0 Å². The zero-order valence-corrected chi connectivity index (χ0v) is 12.9. The van der Waals surface area contributed by atoms with E-state index in [1.54, 1.807) is 36.5 Å². The van der Waals surface area contributed by atoms with Crippen LogP contribution in [0.4, 0.5) is 4.79 Å². The van der Waals surface area contributed by atoms with E-state index in [1.807, 2.05) is 31.2 Å². The molecule has 1 heterocycles. The molecular weight excluding hydrogens is 278 g/mol. The molecule has 116 valence electrons. The highest BCUT2D eigenvalue weighted by atomic mass is 16.3. The van der Waals surface area contributed by atoms with E-state index in [-0.39, 0.29) is 17.8 Å². The monoisotopic (exact) mass is 299 g/mol. The van der Waals surface area contributed by atoms with Crippen molar-refractivity contribution in [2.75, 3.05) is 7.05 Å². The number of aromatic hydroxyl groups is 1. The average molecular weight is 299 g/mol. The summed E-state index contributed by atoms with van der Waals surface area (Å²) in [6, 6.07) is 10.8. The lowest BCUT2D eigenvalue weighted by Gasteiger charge is -2.25. The largest absolute Gasteiger partial charge is 0.508 e. The van der Waals surface area contributed by atoms with Crippen LogP contribution in [0.2, 0.25) is 0 Å². The number of likely N-dealkylation sites (N-methyl/N-ethyl adjacent to an activating group) is 1. The van der Waals surface area contributed by atoms with Crippen LogP contribution in [0.15, 0.2) is 48.8 Å². The van der Waals surface area contributed by atoms with Crippen molar-refractivity contribution in [1.82, 2.24) is 15.2 Å². The fourth-order valence-electron chi connectivity index (χ4n) is 2.12. The second kappa shape index (κ2) is 7.45. The molecule has 0 aliphatic rings. The van der Waals surface area contributed by atoms with Gasteiger partial charge in [0.25, 0.3) is 0 Å². The molecule has 2 aromatic rings. The number of urea groups is 1. The van der Waals surface area contributed by atoms with Crippen molar-refractivity contribution in [3.63, 3.8) is 0 Å². The summed E-state index contributed by atoms with van der Waals surface area (Å²) in [4.78, 5) is 17.9. The van der Waals surface area contributed by atoms with Crippen molar-refractivity contribution in [1.29, 1.82) is 0 Å². The van der Waals surface area contributed by atoms with Gasteiger partial charge in [-0.3, -0.25) is 4.98 Å². The molecule has 5 heteroatoms. The summed E-state index contributed by atoms with van der Waals surface area (Å²) in [5.41, 5.74) is 2.05. The molecule has 0 saturated carbocycles. The standard InChI is InChI=1S/C17H21N3O2/c1-13(10-14-5-7-16(21)8-6-14)20(2)17(22)19-12-15-4-3-9-18-11-15/h3-9,11,13,21H,10,12H2,1-2H3,(H,19,22). The maximum Gasteiger partial charge on any atom is 0.317 e. The Morgan fingerprint density at radius 3 is 2.64 bits per heavy atom. The van der Waals surface area contributed by atoms with Gasteiger partial charge in [0.05, 0.1) is 0 Å². The summed E-state index contributed by atoms with van der Waals surface area (Å²) in [5.74, 6) is 0.249. The van der Waals surface area contributed by atoms with E-state index in [2.05, 4.69) is 10.3 Å². The topological polar surface area (TPSA) is 65.5 Å². The number of carbonyl (C=O) groups is 1. The Morgan fingerprint density at radius 2 is 2.00 bits per heavy atom. The number of carbonyl (C=O) groups excluding carboxylic acids is 1. The molecule has 1 aromatic carbocycles. The van der Waals surface area contributed by atoms with Crippen molar-refractivity contribution < 1.29 is 9.90 Å². The van der Waals surface area contributed by atoms with Crippen molar-refractivity contribution in [2.24, 2.45) is 0 Å². The number of hydrogen-bond acceptors (Lipinski definition) is 3. The number of rotatable bonds is 5. The van der Waals surface area contributed by atoms with E-state index >= 15 is 0 Å². The molecule has 2 rings (SSSR count). The third-order valence-corrected chi connectivity index (χ3v) is 3.62. The lowest BCUT2D eigenvalue weighted by Crippen LogP contribution is -2.42. The summed E-state index contributed by atoms with van der Waals surface area (Å²) >= 11 is 0. The quantitative estimate of drug-likeness (QED) is 0.891. The summed E-state index contributed by atoms with van der Waals surface area (Å²) in [5, 5.41) is 12.2. The number of phenolic OH excluding ortho intramolecular Hbond substituents is 1. The van der Waals surface area contributed by atoms with Crippen molar-refractivity contribution >= 4 is 6.03 Å². The minimum Gasteiger partial charge on any atom is -0.508 e. The summed E-state index contributed by atoms with van der Waals surface area (Å²) in [7, 11) is 1.78. The van der Waals surface area contributed by atoms with Gasteiger partial charge in [0.15, 0.2) is 0 Å². The van der Waals surface area contributed by atoms with Gasteiger partial charge in [0.1, 0.15) is 5.75 Å². The van der Waals surface area contributed by atoms with E-state index in [1.165, 1.54) is 0 Å². The number of amides is 2. The van der Waals surface area contributed by atoms with Gasteiger partial charge >= 0.3 is 6.03 Å². The van der Waals surface area contributed by atoms with Crippen molar-refractivity contribution in [2.45, 2.75) is 25.9 Å². The number of nitrogens with zero attached hydrogens (tertiary/aromatic N) is 2. The van der Waals surface area contributed by atoms with Crippen LogP contribution in [0, 0.1) is 0 Å². The van der Waals surface area contributed by atoms with Gasteiger partial charge in [-0.25, -0.2) is 4.79 Å². The van der Waals surface area contributed by atoms with Crippen LogP contribution in [-0.4, -0.2) is 34.1 Å². The number of pyridine rings is 1. The van der Waals surface area contributed by atoms with E-state index in [9.17, 15) is 9.90 Å². The zero-order valence-electron chi connectivity index (χ0n) is 12.9. The van der Waals surface area contributed by atoms with Gasteiger partial charge in [-0.05, 0) is 42.7 Å². The smallest absolute Gasteiger partial charge is 0.317 e. The molecule has 5 nitrogen and oxygen atoms in total. The number of aromatic nitrogens is 1. The van der Waals surface area contributed by atoms with Crippen LogP contribution < -0.4 is 5.32 Å². The molecule has 2 N–H and O–H groups in total. The molecule has 2 amide bonds. The van der Waals surface area contributed by atoms with Crippen LogP contribution in [0.5, 0.6) is 5.75 Å². The Labute approximate surface area is 130 Å². The first kappa shape index (κ1) is 15.8. The molecule has 22 heavy (non-hydrogen) atoms. The maximum absolute atomic E-state index is 12.2. The predicted octanol–water partition coefficient (Wildman–Crippen LogP) is 2.56. The second-order valence-corrected chi connectivity index (χ2v) is 5.35. The molecule has 0 spiro atoms. The molecule has 1 atom stereocenters. The Bertz CT molecular complexity index is 599. The maximum atomic E-state index is 12.2. The first-order valence-corrected chi connectivity index (χ1v) is 7.23. The third-order valence-electron chi connectivity index (χ3n) is 3.62. The Kier molecular flexibility index (Phi) is 5.36. The highest BCUT2D eigenvalue weighted by Gasteiger charge is 2.15. The number of hydrogen-bond donors (Lipinski definition) is 2. The second-order valence-electron chi connectivity index (χ2n) is 5.35. The Morgan fingerprint density at radius 1 is 1.27 bits per heavy atom. The zero-order chi connectivity index (χ0) is 15.9. The fraction of sp³-hybridized carbons (Fsp3) is 0.294. The third kappa shape index (κ3) is 4.48. The molecular formula is C17H21N3O2. The number of phenols is 1. The van der Waals surface area contributed by atoms with Crippen molar-refractivity contribution in [3.05, 3.63) is 59.9 Å². The van der Waals surface area contributed by atoms with Gasteiger partial charge in [-0.2, -0.15) is 0 Å². The van der Waals surface area contributed by atoms with Gasteiger partial charge in [-0.15, -0.1) is 0 Å². The lowest BCUT2D eigenvalue weighted by molar-refractivity contribution is 0.193. The molecule has 1 aromatic heterocycles. The average Bonchev–Trinajstić information content (AvgIpc) is 2.55. The first-order chi connectivity index (χ1) is 10.6. The van der Waals surface area contributed by atoms with Crippen LogP contribution in [-0.2, 0) is 13.0 Å². The van der Waals surface area contributed by atoms with E-state index in [0.29, 0.717) is 6.54 Å². The normalized spacial score (nSPS) is 11.7. The molecule has 0 bridgehead atoms. The SMILES string of the molecule is CC(Cc1ccc(O)cc1)N(C)C(=O)NCc1cccnc1. The van der Waals surface area contributed by atoms with E-state index < -0.39 is 0 Å². The van der Waals surface area contributed by atoms with Crippen LogP contribution in [0.3, 0.4) is 0 Å². The lowest BCUT2D eigenvalue weighted by atomic mass is 10.1. The minimum absolute atomic E-state index is 0.0541. The molecule has 0 radical (unpaired) electrons.